The van der Waals surface area contributed by atoms with Gasteiger partial charge in [0.2, 0.25) is 0 Å². The van der Waals surface area contributed by atoms with Crippen LogP contribution in [-0.2, 0) is 17.6 Å². The van der Waals surface area contributed by atoms with Crippen molar-refractivity contribution >= 4 is 14.2 Å². The molecule has 0 bridgehead atoms. The SMILES string of the molecule is CC(C)(C)[Si](C)(C)OCCN1CCn2nc(-c3ccncc3)c(-c3ccc(OCc4ccc(C5CC5)nc4)cc3F)c2C1=O. The van der Waals surface area contributed by atoms with Crippen molar-refractivity contribution in [1.82, 2.24) is 24.6 Å². The largest absolute Gasteiger partial charge is 0.489 e. The molecule has 4 aromatic rings. The number of pyridine rings is 2. The fraction of sp³-hybridized carbons (Fsp3) is 0.412. The molecule has 1 amide bonds. The molecule has 10 heteroatoms. The number of hydrogen-bond acceptors (Lipinski definition) is 6. The Balaban J connectivity index is 1.26. The number of hydrogen-bond donors (Lipinski definition) is 0. The zero-order valence-corrected chi connectivity index (χ0v) is 27.1. The summed E-state index contributed by atoms with van der Waals surface area (Å²) in [5, 5.41) is 4.89. The molecule has 0 spiro atoms. The second kappa shape index (κ2) is 11.9. The monoisotopic (exact) mass is 613 g/mol. The van der Waals surface area contributed by atoms with Crippen molar-refractivity contribution in [3.63, 3.8) is 0 Å². The zero-order valence-electron chi connectivity index (χ0n) is 26.1. The molecule has 1 aromatic carbocycles. The lowest BCUT2D eigenvalue weighted by Gasteiger charge is -2.37. The van der Waals surface area contributed by atoms with Crippen molar-refractivity contribution in [1.29, 1.82) is 0 Å². The van der Waals surface area contributed by atoms with Crippen molar-refractivity contribution in [2.75, 3.05) is 19.7 Å². The van der Waals surface area contributed by atoms with Crippen molar-refractivity contribution in [2.24, 2.45) is 0 Å². The number of fused-ring (bicyclic) bond motifs is 1. The predicted molar refractivity (Wildman–Crippen MR) is 170 cm³/mol. The van der Waals surface area contributed by atoms with Gasteiger partial charge in [0, 0.05) is 71.6 Å². The first kappa shape index (κ1) is 30.1. The van der Waals surface area contributed by atoms with Gasteiger partial charge in [-0.05, 0) is 61.3 Å². The Kier molecular flexibility index (Phi) is 8.15. The average molecular weight is 614 g/mol. The van der Waals surface area contributed by atoms with Crippen LogP contribution in [-0.4, -0.2) is 58.6 Å². The van der Waals surface area contributed by atoms with Crippen molar-refractivity contribution < 1.29 is 18.3 Å². The van der Waals surface area contributed by atoms with Gasteiger partial charge >= 0.3 is 0 Å². The first-order valence-corrected chi connectivity index (χ1v) is 18.2. The molecule has 8 nitrogen and oxygen atoms in total. The minimum Gasteiger partial charge on any atom is -0.489 e. The maximum absolute atomic E-state index is 15.9. The smallest absolute Gasteiger partial charge is 0.272 e. The Morgan fingerprint density at radius 2 is 1.82 bits per heavy atom. The predicted octanol–water partition coefficient (Wildman–Crippen LogP) is 7.08. The van der Waals surface area contributed by atoms with E-state index in [2.05, 4.69) is 43.8 Å². The van der Waals surface area contributed by atoms with E-state index in [0.717, 1.165) is 16.8 Å². The van der Waals surface area contributed by atoms with Gasteiger partial charge in [0.25, 0.3) is 5.91 Å². The van der Waals surface area contributed by atoms with Gasteiger partial charge in [-0.25, -0.2) is 4.39 Å². The fourth-order valence-electron chi connectivity index (χ4n) is 5.21. The van der Waals surface area contributed by atoms with Gasteiger partial charge < -0.3 is 14.1 Å². The van der Waals surface area contributed by atoms with Gasteiger partial charge in [0.1, 0.15) is 29.6 Å². The van der Waals surface area contributed by atoms with Crippen LogP contribution in [0.15, 0.2) is 61.1 Å². The summed E-state index contributed by atoms with van der Waals surface area (Å²) in [6.07, 6.45) is 7.57. The minimum absolute atomic E-state index is 0.0785. The summed E-state index contributed by atoms with van der Waals surface area (Å²) in [6, 6.07) is 12.5. The molecule has 0 radical (unpaired) electrons. The molecule has 1 aliphatic carbocycles. The number of halogens is 1. The normalized spacial score (nSPS) is 15.4. The molecule has 0 saturated heterocycles. The summed E-state index contributed by atoms with van der Waals surface area (Å²) in [6.45, 7) is 13.2. The molecule has 0 N–H and O–H groups in total. The first-order chi connectivity index (χ1) is 21.0. The Labute approximate surface area is 259 Å². The third-order valence-corrected chi connectivity index (χ3v) is 13.6. The number of benzene rings is 1. The lowest BCUT2D eigenvalue weighted by molar-refractivity contribution is 0.0666. The fourth-order valence-corrected chi connectivity index (χ4v) is 6.25. The maximum atomic E-state index is 15.9. The molecule has 3 aromatic heterocycles. The van der Waals surface area contributed by atoms with Crippen LogP contribution in [0.3, 0.4) is 0 Å². The second-order valence-corrected chi connectivity index (χ2v) is 18.0. The second-order valence-electron chi connectivity index (χ2n) is 13.2. The molecule has 1 saturated carbocycles. The van der Waals surface area contributed by atoms with Crippen LogP contribution in [0, 0.1) is 5.82 Å². The van der Waals surface area contributed by atoms with Crippen molar-refractivity contribution in [3.8, 4) is 28.1 Å². The van der Waals surface area contributed by atoms with E-state index in [-0.39, 0.29) is 17.6 Å². The quantitative estimate of drug-likeness (QED) is 0.178. The van der Waals surface area contributed by atoms with Crippen LogP contribution in [0.1, 0.15) is 61.3 Å². The molecule has 1 aliphatic heterocycles. The third-order valence-electron chi connectivity index (χ3n) is 9.07. The van der Waals surface area contributed by atoms with Gasteiger partial charge in [-0.2, -0.15) is 5.10 Å². The molecule has 230 valence electrons. The van der Waals surface area contributed by atoms with Crippen LogP contribution in [0.25, 0.3) is 22.4 Å². The number of carbonyl (C=O) groups excluding carboxylic acids is 1. The highest BCUT2D eigenvalue weighted by Gasteiger charge is 2.38. The molecule has 6 rings (SSSR count). The molecular formula is C34H40FN5O3Si. The first-order valence-electron chi connectivity index (χ1n) is 15.3. The molecule has 44 heavy (non-hydrogen) atoms. The summed E-state index contributed by atoms with van der Waals surface area (Å²) in [5.41, 5.74) is 4.50. The summed E-state index contributed by atoms with van der Waals surface area (Å²) in [7, 11) is -1.96. The molecular weight excluding hydrogens is 573 g/mol. The van der Waals surface area contributed by atoms with E-state index in [1.807, 2.05) is 30.5 Å². The number of ether oxygens (including phenoxy) is 1. The Morgan fingerprint density at radius 3 is 2.48 bits per heavy atom. The number of amides is 1. The topological polar surface area (TPSA) is 82.4 Å². The van der Waals surface area contributed by atoms with Crippen LogP contribution in [0.5, 0.6) is 5.75 Å². The number of carbonyl (C=O) groups is 1. The zero-order chi connectivity index (χ0) is 31.1. The van der Waals surface area contributed by atoms with Crippen LogP contribution in [0.2, 0.25) is 18.1 Å². The van der Waals surface area contributed by atoms with E-state index in [4.69, 9.17) is 14.3 Å². The highest BCUT2D eigenvalue weighted by Crippen LogP contribution is 2.40. The van der Waals surface area contributed by atoms with E-state index in [0.29, 0.717) is 60.4 Å². The molecule has 0 atom stereocenters. The highest BCUT2D eigenvalue weighted by atomic mass is 28.4. The summed E-state index contributed by atoms with van der Waals surface area (Å²) < 4.78 is 29.9. The van der Waals surface area contributed by atoms with Gasteiger partial charge in [-0.3, -0.25) is 19.4 Å². The highest BCUT2D eigenvalue weighted by molar-refractivity contribution is 6.74. The lowest BCUT2D eigenvalue weighted by Crippen LogP contribution is -2.46. The number of nitrogens with zero attached hydrogens (tertiary/aromatic N) is 5. The maximum Gasteiger partial charge on any atom is 0.272 e. The molecule has 2 aliphatic rings. The molecule has 4 heterocycles. The van der Waals surface area contributed by atoms with Crippen LogP contribution in [0.4, 0.5) is 4.39 Å². The molecule has 0 unspecified atom stereocenters. The van der Waals surface area contributed by atoms with Crippen molar-refractivity contribution in [3.05, 3.63) is 83.8 Å². The summed E-state index contributed by atoms with van der Waals surface area (Å²) >= 11 is 0. The van der Waals surface area contributed by atoms with Gasteiger partial charge in [-0.15, -0.1) is 0 Å². The third kappa shape index (κ3) is 6.18. The average Bonchev–Trinajstić information content (AvgIpc) is 3.78. The Morgan fingerprint density at radius 1 is 1.05 bits per heavy atom. The summed E-state index contributed by atoms with van der Waals surface area (Å²) in [5.74, 6) is 0.328. The standard InChI is InChI=1S/C34H40FN5O3Si/c1-34(2,3)44(4,5)43-19-18-39-16-17-40-32(33(39)41)30(31(38-40)25-12-14-36-15-13-25)27-10-9-26(20-28(27)35)42-22-23-6-11-29(37-21-23)24-7-8-24/h6,9-15,20-21,24H,7-8,16-19,22H2,1-5H3. The van der Waals surface area contributed by atoms with Crippen molar-refractivity contribution in [2.45, 2.75) is 70.8 Å². The number of rotatable bonds is 10. The number of aromatic nitrogens is 4. The van der Waals surface area contributed by atoms with Crippen LogP contribution >= 0.6 is 0 Å². The molecule has 1 fully saturated rings. The lowest BCUT2D eigenvalue weighted by atomic mass is 9.97. The van der Waals surface area contributed by atoms with E-state index in [9.17, 15) is 4.79 Å². The Bertz CT molecular complexity index is 1650. The van der Waals surface area contributed by atoms with E-state index < -0.39 is 14.1 Å². The van der Waals surface area contributed by atoms with Gasteiger partial charge in [0.15, 0.2) is 8.32 Å². The van der Waals surface area contributed by atoms with E-state index >= 15 is 4.39 Å². The summed E-state index contributed by atoms with van der Waals surface area (Å²) in [4.78, 5) is 24.4. The van der Waals surface area contributed by atoms with E-state index in [1.54, 1.807) is 34.1 Å². The van der Waals surface area contributed by atoms with Crippen LogP contribution < -0.4 is 4.74 Å². The minimum atomic E-state index is -1.96. The van der Waals surface area contributed by atoms with E-state index in [1.165, 1.54) is 18.9 Å². The Hall–Kier alpha value is -3.89. The van der Waals surface area contributed by atoms with Gasteiger partial charge in [-0.1, -0.05) is 26.8 Å². The van der Waals surface area contributed by atoms with Gasteiger partial charge in [0.05, 0.1) is 13.2 Å².